The maximum absolute atomic E-state index is 12.9. The Balaban J connectivity index is 1.88. The van der Waals surface area contributed by atoms with Gasteiger partial charge in [-0.05, 0) is 58.1 Å². The summed E-state index contributed by atoms with van der Waals surface area (Å²) < 4.78 is 0. The summed E-state index contributed by atoms with van der Waals surface area (Å²) in [4.78, 5) is 19.6. The lowest BCUT2D eigenvalue weighted by Gasteiger charge is -2.47. The molecule has 0 bridgehead atoms. The Morgan fingerprint density at radius 2 is 1.96 bits per heavy atom. The molecule has 24 heavy (non-hydrogen) atoms. The molecule has 0 N–H and O–H groups in total. The summed E-state index contributed by atoms with van der Waals surface area (Å²) >= 11 is 0. The number of benzene rings is 1. The highest BCUT2D eigenvalue weighted by Crippen LogP contribution is 2.35. The van der Waals surface area contributed by atoms with Gasteiger partial charge in [-0.15, -0.1) is 0 Å². The molecule has 1 unspecified atom stereocenters. The van der Waals surface area contributed by atoms with Gasteiger partial charge in [0.25, 0.3) is 0 Å². The molecule has 1 aromatic carbocycles. The number of rotatable bonds is 3. The normalized spacial score (nSPS) is 24.9. The van der Waals surface area contributed by atoms with Crippen molar-refractivity contribution < 1.29 is 4.79 Å². The van der Waals surface area contributed by atoms with Crippen molar-refractivity contribution in [3.05, 3.63) is 35.4 Å². The molecule has 2 aliphatic heterocycles. The highest BCUT2D eigenvalue weighted by atomic mass is 16.2. The predicted molar refractivity (Wildman–Crippen MR) is 97.9 cm³/mol. The molecule has 4 heteroatoms. The highest BCUT2D eigenvalue weighted by molar-refractivity contribution is 5.76. The minimum absolute atomic E-state index is 0.110. The quantitative estimate of drug-likeness (QED) is 0.852. The van der Waals surface area contributed by atoms with E-state index >= 15 is 0 Å². The lowest BCUT2D eigenvalue weighted by Crippen LogP contribution is -2.57. The van der Waals surface area contributed by atoms with Gasteiger partial charge in [0.15, 0.2) is 0 Å². The van der Waals surface area contributed by atoms with Crippen molar-refractivity contribution in [3.63, 3.8) is 0 Å². The minimum Gasteiger partial charge on any atom is -0.336 e. The van der Waals surface area contributed by atoms with Crippen LogP contribution in [0.15, 0.2) is 24.3 Å². The standard InChI is InChI=1S/C20H31N3O/c1-21(2)13-10-19(24)23-15-18-9-5-4-8-17(18)14-20(16-23)11-6-7-12-22(20)3/h4-5,8-9H,6-7,10-16H2,1-3H3. The first-order chi connectivity index (χ1) is 11.5. The number of hydrogen-bond acceptors (Lipinski definition) is 3. The van der Waals surface area contributed by atoms with Gasteiger partial charge < -0.3 is 9.80 Å². The van der Waals surface area contributed by atoms with Crippen LogP contribution >= 0.6 is 0 Å². The third-order valence-electron chi connectivity index (χ3n) is 5.81. The zero-order valence-electron chi connectivity index (χ0n) is 15.4. The maximum Gasteiger partial charge on any atom is 0.224 e. The van der Waals surface area contributed by atoms with Gasteiger partial charge in [-0.2, -0.15) is 0 Å². The second kappa shape index (κ2) is 7.24. The highest BCUT2D eigenvalue weighted by Gasteiger charge is 2.41. The molecule has 1 amide bonds. The van der Waals surface area contributed by atoms with Crippen LogP contribution in [-0.2, 0) is 17.8 Å². The second-order valence-corrected chi connectivity index (χ2v) is 7.85. The number of likely N-dealkylation sites (N-methyl/N-ethyl adjacent to an activating group) is 1. The third kappa shape index (κ3) is 3.65. The molecule has 3 rings (SSSR count). The first-order valence-corrected chi connectivity index (χ1v) is 9.21. The summed E-state index contributed by atoms with van der Waals surface area (Å²) in [6.45, 7) is 3.59. The number of nitrogens with zero attached hydrogens (tertiary/aromatic N) is 3. The molecule has 0 saturated carbocycles. The Kier molecular flexibility index (Phi) is 5.26. The van der Waals surface area contributed by atoms with Crippen LogP contribution in [-0.4, -0.2) is 66.9 Å². The van der Waals surface area contributed by atoms with Crippen LogP contribution in [0.2, 0.25) is 0 Å². The molecule has 1 spiro atoms. The molecule has 1 aromatic rings. The Labute approximate surface area is 146 Å². The summed E-state index contributed by atoms with van der Waals surface area (Å²) in [7, 11) is 6.30. The average molecular weight is 329 g/mol. The van der Waals surface area contributed by atoms with Gasteiger partial charge in [0, 0.05) is 31.6 Å². The van der Waals surface area contributed by atoms with E-state index in [1.54, 1.807) is 0 Å². The van der Waals surface area contributed by atoms with Crippen molar-refractivity contribution >= 4 is 5.91 Å². The SMILES string of the molecule is CN(C)CCC(=O)N1Cc2ccccc2CC2(CCCCN2C)C1. The monoisotopic (exact) mass is 329 g/mol. The third-order valence-corrected chi connectivity index (χ3v) is 5.81. The average Bonchev–Trinajstić information content (AvgIpc) is 2.72. The van der Waals surface area contributed by atoms with E-state index in [9.17, 15) is 4.79 Å². The molecule has 0 aromatic heterocycles. The summed E-state index contributed by atoms with van der Waals surface area (Å²) in [5, 5.41) is 0. The van der Waals surface area contributed by atoms with Crippen molar-refractivity contribution in [2.45, 2.75) is 44.2 Å². The van der Waals surface area contributed by atoms with Crippen LogP contribution in [0.4, 0.5) is 0 Å². The van der Waals surface area contributed by atoms with E-state index in [1.165, 1.54) is 30.4 Å². The first kappa shape index (κ1) is 17.4. The van der Waals surface area contributed by atoms with Gasteiger partial charge in [-0.25, -0.2) is 0 Å². The number of amides is 1. The van der Waals surface area contributed by atoms with Gasteiger partial charge in [-0.1, -0.05) is 30.7 Å². The van der Waals surface area contributed by atoms with Gasteiger partial charge in [0.05, 0.1) is 0 Å². The fourth-order valence-corrected chi connectivity index (χ4v) is 4.22. The van der Waals surface area contributed by atoms with Crippen molar-refractivity contribution in [2.75, 3.05) is 40.8 Å². The molecular weight excluding hydrogens is 298 g/mol. The van der Waals surface area contributed by atoms with Crippen molar-refractivity contribution in [1.82, 2.24) is 14.7 Å². The molecular formula is C20H31N3O. The van der Waals surface area contributed by atoms with Crippen LogP contribution < -0.4 is 0 Å². The van der Waals surface area contributed by atoms with E-state index in [-0.39, 0.29) is 5.54 Å². The van der Waals surface area contributed by atoms with Crippen LogP contribution in [0.5, 0.6) is 0 Å². The zero-order chi connectivity index (χ0) is 17.2. The van der Waals surface area contributed by atoms with E-state index in [0.29, 0.717) is 12.3 Å². The molecule has 2 aliphatic rings. The van der Waals surface area contributed by atoms with E-state index in [4.69, 9.17) is 0 Å². The molecule has 1 saturated heterocycles. The summed E-state index contributed by atoms with van der Waals surface area (Å²) in [6, 6.07) is 8.69. The fourth-order valence-electron chi connectivity index (χ4n) is 4.22. The van der Waals surface area contributed by atoms with Gasteiger partial charge in [-0.3, -0.25) is 9.69 Å². The number of carbonyl (C=O) groups excluding carboxylic acids is 1. The number of fused-ring (bicyclic) bond motifs is 1. The summed E-state index contributed by atoms with van der Waals surface area (Å²) in [6.07, 6.45) is 5.40. The molecule has 0 aliphatic carbocycles. The van der Waals surface area contributed by atoms with E-state index in [1.807, 2.05) is 14.1 Å². The van der Waals surface area contributed by atoms with Gasteiger partial charge in [0.1, 0.15) is 0 Å². The molecule has 4 nitrogen and oxygen atoms in total. The molecule has 0 radical (unpaired) electrons. The van der Waals surface area contributed by atoms with Crippen LogP contribution in [0.25, 0.3) is 0 Å². The fraction of sp³-hybridized carbons (Fsp3) is 0.650. The van der Waals surface area contributed by atoms with Gasteiger partial charge in [0.2, 0.25) is 5.91 Å². The molecule has 1 atom stereocenters. The van der Waals surface area contributed by atoms with Gasteiger partial charge >= 0.3 is 0 Å². The van der Waals surface area contributed by atoms with E-state index in [2.05, 4.69) is 46.0 Å². The Bertz CT molecular complexity index is 586. The van der Waals surface area contributed by atoms with E-state index < -0.39 is 0 Å². The maximum atomic E-state index is 12.9. The number of likely N-dealkylation sites (tertiary alicyclic amines) is 1. The molecule has 2 heterocycles. The lowest BCUT2D eigenvalue weighted by molar-refractivity contribution is -0.134. The predicted octanol–water partition coefficient (Wildman–Crippen LogP) is 2.38. The summed E-state index contributed by atoms with van der Waals surface area (Å²) in [5.74, 6) is 0.291. The van der Waals surface area contributed by atoms with Crippen LogP contribution in [0, 0.1) is 0 Å². The lowest BCUT2D eigenvalue weighted by atomic mass is 9.81. The Morgan fingerprint density at radius 1 is 1.21 bits per heavy atom. The molecule has 1 fully saturated rings. The Hall–Kier alpha value is -1.39. The summed E-state index contributed by atoms with van der Waals surface area (Å²) in [5.41, 5.74) is 2.86. The number of piperidine rings is 1. The van der Waals surface area contributed by atoms with Crippen molar-refractivity contribution in [2.24, 2.45) is 0 Å². The Morgan fingerprint density at radius 3 is 2.67 bits per heavy atom. The van der Waals surface area contributed by atoms with Crippen molar-refractivity contribution in [3.8, 4) is 0 Å². The molecule has 132 valence electrons. The number of hydrogen-bond donors (Lipinski definition) is 0. The van der Waals surface area contributed by atoms with Crippen molar-refractivity contribution in [1.29, 1.82) is 0 Å². The minimum atomic E-state index is 0.110. The smallest absolute Gasteiger partial charge is 0.224 e. The second-order valence-electron chi connectivity index (χ2n) is 7.85. The van der Waals surface area contributed by atoms with Crippen LogP contribution in [0.3, 0.4) is 0 Å². The van der Waals surface area contributed by atoms with E-state index in [0.717, 1.165) is 32.6 Å². The first-order valence-electron chi connectivity index (χ1n) is 9.21. The van der Waals surface area contributed by atoms with Crippen LogP contribution in [0.1, 0.15) is 36.8 Å². The number of carbonyl (C=O) groups is 1. The zero-order valence-corrected chi connectivity index (χ0v) is 15.4. The topological polar surface area (TPSA) is 26.8 Å². The largest absolute Gasteiger partial charge is 0.336 e.